The van der Waals surface area contributed by atoms with Crippen LogP contribution in [0.25, 0.3) is 0 Å². The van der Waals surface area contributed by atoms with E-state index in [9.17, 15) is 4.79 Å². The number of hydrogen-bond donors (Lipinski definition) is 0. The van der Waals surface area contributed by atoms with Gasteiger partial charge in [-0.05, 0) is 38.5 Å². The number of rotatable bonds is 5. The highest BCUT2D eigenvalue weighted by Crippen LogP contribution is 2.24. The van der Waals surface area contributed by atoms with Crippen LogP contribution in [0, 0.1) is 0 Å². The van der Waals surface area contributed by atoms with Crippen molar-refractivity contribution in [3.63, 3.8) is 0 Å². The third-order valence-corrected chi connectivity index (χ3v) is 2.75. The van der Waals surface area contributed by atoms with E-state index in [-0.39, 0.29) is 0 Å². The molecule has 0 N–H and O–H groups in total. The van der Waals surface area contributed by atoms with Crippen LogP contribution in [-0.2, 0) is 0 Å². The molecule has 3 heteroatoms. The molecule has 0 heterocycles. The molecule has 0 aliphatic rings. The van der Waals surface area contributed by atoms with Crippen LogP contribution in [0.15, 0.2) is 18.2 Å². The molecular weight excluding hydrogens is 222 g/mol. The van der Waals surface area contributed by atoms with Gasteiger partial charge < -0.3 is 4.90 Å². The number of hydrogen-bond acceptors (Lipinski definition) is 2. The van der Waals surface area contributed by atoms with Crippen LogP contribution in [0.4, 0.5) is 5.69 Å². The first kappa shape index (κ1) is 13.0. The summed E-state index contributed by atoms with van der Waals surface area (Å²) in [5.74, 6) is 0. The molecule has 0 aliphatic heterocycles. The number of halogens is 1. The molecule has 0 aromatic heterocycles. The minimum atomic E-state index is 0.375. The smallest absolute Gasteiger partial charge is 0.152 e. The van der Waals surface area contributed by atoms with Gasteiger partial charge in [-0.3, -0.25) is 4.79 Å². The van der Waals surface area contributed by atoms with Gasteiger partial charge >= 0.3 is 0 Å². The molecule has 0 saturated heterocycles. The zero-order valence-corrected chi connectivity index (χ0v) is 10.8. The number of carbonyl (C=O) groups is 1. The predicted octanol–water partition coefficient (Wildman–Crippen LogP) is 3.78. The van der Waals surface area contributed by atoms with E-state index in [4.69, 9.17) is 11.6 Å². The number of aldehydes is 1. The van der Waals surface area contributed by atoms with Gasteiger partial charge in [-0.2, -0.15) is 0 Å². The average Bonchev–Trinajstić information content (AvgIpc) is 2.26. The van der Waals surface area contributed by atoms with Crippen molar-refractivity contribution in [1.29, 1.82) is 0 Å². The zero-order chi connectivity index (χ0) is 12.1. The molecule has 0 atom stereocenters. The lowest BCUT2D eigenvalue weighted by atomic mass is 10.1. The van der Waals surface area contributed by atoms with E-state index in [1.165, 1.54) is 0 Å². The number of anilines is 1. The van der Waals surface area contributed by atoms with Gasteiger partial charge in [0.05, 0.1) is 0 Å². The molecule has 1 aromatic carbocycles. The molecule has 0 radical (unpaired) electrons. The second-order valence-electron chi connectivity index (χ2n) is 4.11. The van der Waals surface area contributed by atoms with E-state index < -0.39 is 0 Å². The standard InChI is InChI=1S/C13H18ClNO/c1-4-7-15(10(2)3)13-6-5-12(14)8-11(13)9-16/h5-6,8-10H,4,7H2,1-3H3. The lowest BCUT2D eigenvalue weighted by molar-refractivity contribution is 0.112. The van der Waals surface area contributed by atoms with Crippen molar-refractivity contribution in [3.8, 4) is 0 Å². The third kappa shape index (κ3) is 2.99. The second-order valence-corrected chi connectivity index (χ2v) is 4.54. The fraction of sp³-hybridized carbons (Fsp3) is 0.462. The lowest BCUT2D eigenvalue weighted by Crippen LogP contribution is -2.32. The Morgan fingerprint density at radius 1 is 1.44 bits per heavy atom. The Hall–Kier alpha value is -1.02. The molecular formula is C13H18ClNO. The number of carbonyl (C=O) groups excluding carboxylic acids is 1. The van der Waals surface area contributed by atoms with Gasteiger partial charge in [0.25, 0.3) is 0 Å². The summed E-state index contributed by atoms with van der Waals surface area (Å²) in [7, 11) is 0. The highest BCUT2D eigenvalue weighted by Gasteiger charge is 2.13. The minimum absolute atomic E-state index is 0.375. The normalized spacial score (nSPS) is 10.6. The fourth-order valence-electron chi connectivity index (χ4n) is 1.78. The van der Waals surface area contributed by atoms with Crippen LogP contribution >= 0.6 is 11.6 Å². The Balaban J connectivity index is 3.12. The monoisotopic (exact) mass is 239 g/mol. The third-order valence-electron chi connectivity index (χ3n) is 2.51. The van der Waals surface area contributed by atoms with Crippen LogP contribution in [-0.4, -0.2) is 18.9 Å². The van der Waals surface area contributed by atoms with E-state index in [0.29, 0.717) is 16.6 Å². The molecule has 88 valence electrons. The lowest BCUT2D eigenvalue weighted by Gasteiger charge is -2.29. The van der Waals surface area contributed by atoms with E-state index in [1.807, 2.05) is 12.1 Å². The molecule has 1 rings (SSSR count). The quantitative estimate of drug-likeness (QED) is 0.729. The summed E-state index contributed by atoms with van der Waals surface area (Å²) in [6.45, 7) is 7.32. The van der Waals surface area contributed by atoms with Gasteiger partial charge in [0, 0.05) is 28.9 Å². The molecule has 16 heavy (non-hydrogen) atoms. The van der Waals surface area contributed by atoms with Gasteiger partial charge in [0.15, 0.2) is 6.29 Å². The molecule has 0 aliphatic carbocycles. The maximum Gasteiger partial charge on any atom is 0.152 e. The summed E-state index contributed by atoms with van der Waals surface area (Å²) >= 11 is 5.88. The van der Waals surface area contributed by atoms with Gasteiger partial charge in [-0.25, -0.2) is 0 Å². The van der Waals surface area contributed by atoms with E-state index in [0.717, 1.165) is 24.9 Å². The van der Waals surface area contributed by atoms with Crippen molar-refractivity contribution in [3.05, 3.63) is 28.8 Å². The molecule has 0 spiro atoms. The summed E-state index contributed by atoms with van der Waals surface area (Å²) in [4.78, 5) is 13.2. The fourth-order valence-corrected chi connectivity index (χ4v) is 1.96. The molecule has 0 bridgehead atoms. The van der Waals surface area contributed by atoms with Crippen molar-refractivity contribution in [2.24, 2.45) is 0 Å². The SMILES string of the molecule is CCCN(c1ccc(Cl)cc1C=O)C(C)C. The minimum Gasteiger partial charge on any atom is -0.369 e. The highest BCUT2D eigenvalue weighted by atomic mass is 35.5. The first-order valence-corrected chi connectivity index (χ1v) is 5.99. The van der Waals surface area contributed by atoms with Crippen molar-refractivity contribution >= 4 is 23.6 Å². The van der Waals surface area contributed by atoms with Gasteiger partial charge in [-0.15, -0.1) is 0 Å². The van der Waals surface area contributed by atoms with E-state index in [2.05, 4.69) is 25.7 Å². The summed E-state index contributed by atoms with van der Waals surface area (Å²) in [6, 6.07) is 5.84. The van der Waals surface area contributed by atoms with Crippen molar-refractivity contribution < 1.29 is 4.79 Å². The summed E-state index contributed by atoms with van der Waals surface area (Å²) < 4.78 is 0. The Kier molecular flexibility index (Phi) is 4.81. The van der Waals surface area contributed by atoms with Crippen LogP contribution < -0.4 is 4.90 Å². The Morgan fingerprint density at radius 3 is 2.62 bits per heavy atom. The predicted molar refractivity (Wildman–Crippen MR) is 69.6 cm³/mol. The largest absolute Gasteiger partial charge is 0.369 e. The Bertz CT molecular complexity index is 363. The molecule has 0 fully saturated rings. The topological polar surface area (TPSA) is 20.3 Å². The highest BCUT2D eigenvalue weighted by molar-refractivity contribution is 6.31. The Morgan fingerprint density at radius 2 is 2.12 bits per heavy atom. The van der Waals surface area contributed by atoms with E-state index >= 15 is 0 Å². The Labute approximate surface area is 102 Å². The first-order valence-electron chi connectivity index (χ1n) is 5.61. The number of benzene rings is 1. The summed E-state index contributed by atoms with van der Waals surface area (Å²) in [6.07, 6.45) is 1.92. The van der Waals surface area contributed by atoms with E-state index in [1.54, 1.807) is 6.07 Å². The molecule has 0 saturated carbocycles. The maximum absolute atomic E-state index is 11.0. The summed E-state index contributed by atoms with van der Waals surface area (Å²) in [5.41, 5.74) is 1.63. The van der Waals surface area contributed by atoms with Crippen LogP contribution in [0.5, 0.6) is 0 Å². The van der Waals surface area contributed by atoms with Gasteiger partial charge in [-0.1, -0.05) is 18.5 Å². The number of nitrogens with zero attached hydrogens (tertiary/aromatic N) is 1. The van der Waals surface area contributed by atoms with Gasteiger partial charge in [0.2, 0.25) is 0 Å². The average molecular weight is 240 g/mol. The van der Waals surface area contributed by atoms with Crippen molar-refractivity contribution in [1.82, 2.24) is 0 Å². The maximum atomic E-state index is 11.0. The van der Waals surface area contributed by atoms with Crippen LogP contribution in [0.2, 0.25) is 5.02 Å². The summed E-state index contributed by atoms with van der Waals surface area (Å²) in [5, 5.41) is 0.603. The zero-order valence-electron chi connectivity index (χ0n) is 10.0. The molecule has 2 nitrogen and oxygen atoms in total. The van der Waals surface area contributed by atoms with Crippen LogP contribution in [0.3, 0.4) is 0 Å². The van der Waals surface area contributed by atoms with Crippen molar-refractivity contribution in [2.45, 2.75) is 33.2 Å². The van der Waals surface area contributed by atoms with Crippen LogP contribution in [0.1, 0.15) is 37.6 Å². The second kappa shape index (κ2) is 5.90. The van der Waals surface area contributed by atoms with Crippen molar-refractivity contribution in [2.75, 3.05) is 11.4 Å². The molecule has 0 amide bonds. The van der Waals surface area contributed by atoms with Gasteiger partial charge in [0.1, 0.15) is 0 Å². The first-order chi connectivity index (χ1) is 7.60. The molecule has 1 aromatic rings. The molecule has 0 unspecified atom stereocenters.